The second-order valence-corrected chi connectivity index (χ2v) is 9.21. The predicted molar refractivity (Wildman–Crippen MR) is 94.3 cm³/mol. The lowest BCUT2D eigenvalue weighted by molar-refractivity contribution is -0.199. The minimum atomic E-state index is -1.46. The lowest BCUT2D eigenvalue weighted by Gasteiger charge is -2.55. The molecule has 25 heavy (non-hydrogen) atoms. The Bertz CT molecular complexity index is 652. The normalized spacial score (nSPS) is 51.2. The van der Waals surface area contributed by atoms with Crippen LogP contribution in [0.5, 0.6) is 0 Å². The van der Waals surface area contributed by atoms with Gasteiger partial charge in [-0.1, -0.05) is 31.6 Å². The molecule has 0 aromatic heterocycles. The van der Waals surface area contributed by atoms with Crippen LogP contribution < -0.4 is 0 Å². The topological polar surface area (TPSA) is 66.8 Å². The van der Waals surface area contributed by atoms with Crippen LogP contribution in [-0.2, 0) is 9.53 Å². The van der Waals surface area contributed by atoms with E-state index in [2.05, 4.69) is 26.0 Å². The van der Waals surface area contributed by atoms with Crippen molar-refractivity contribution in [2.45, 2.75) is 71.2 Å². The molecular weight excluding hydrogens is 316 g/mol. The molecule has 0 heterocycles. The summed E-state index contributed by atoms with van der Waals surface area (Å²) in [6.45, 7) is 5.87. The van der Waals surface area contributed by atoms with Gasteiger partial charge in [0.15, 0.2) is 0 Å². The molecule has 2 saturated carbocycles. The Morgan fingerprint density at radius 2 is 1.96 bits per heavy atom. The molecular formula is C21H30O4. The van der Waals surface area contributed by atoms with Crippen LogP contribution in [-0.4, -0.2) is 28.1 Å². The summed E-state index contributed by atoms with van der Waals surface area (Å²) >= 11 is 0. The maximum absolute atomic E-state index is 11.3. The van der Waals surface area contributed by atoms with Crippen molar-refractivity contribution in [2.75, 3.05) is 0 Å². The van der Waals surface area contributed by atoms with Crippen LogP contribution in [0, 0.1) is 28.6 Å². The van der Waals surface area contributed by atoms with Crippen molar-refractivity contribution in [3.63, 3.8) is 0 Å². The van der Waals surface area contributed by atoms with E-state index in [0.29, 0.717) is 18.3 Å². The molecule has 0 spiro atoms. The minimum Gasteiger partial charge on any atom is -0.430 e. The first-order valence-corrected chi connectivity index (χ1v) is 9.69. The molecule has 4 rings (SSSR count). The van der Waals surface area contributed by atoms with Gasteiger partial charge in [0.05, 0.1) is 6.10 Å². The maximum atomic E-state index is 11.3. The predicted octanol–water partition coefficient (Wildman–Crippen LogP) is 3.34. The molecule has 138 valence electrons. The van der Waals surface area contributed by atoms with Crippen molar-refractivity contribution in [1.29, 1.82) is 0 Å². The lowest BCUT2D eigenvalue weighted by Crippen LogP contribution is -2.50. The Hall–Kier alpha value is -1.13. The molecule has 1 unspecified atom stereocenters. The number of hydrogen-bond acceptors (Lipinski definition) is 4. The quantitative estimate of drug-likeness (QED) is 0.434. The number of aliphatic hydroxyl groups excluding tert-OH is 1. The van der Waals surface area contributed by atoms with E-state index in [9.17, 15) is 15.0 Å². The highest BCUT2D eigenvalue weighted by Crippen LogP contribution is 2.63. The molecule has 0 aromatic carbocycles. The number of aliphatic hydroxyl groups is 2. The van der Waals surface area contributed by atoms with E-state index in [1.54, 1.807) is 6.08 Å². The fourth-order valence-corrected chi connectivity index (χ4v) is 6.38. The van der Waals surface area contributed by atoms with Crippen LogP contribution in [0.15, 0.2) is 23.8 Å². The highest BCUT2D eigenvalue weighted by atomic mass is 16.7. The molecule has 2 fully saturated rings. The van der Waals surface area contributed by atoms with Crippen LogP contribution in [0.25, 0.3) is 0 Å². The Morgan fingerprint density at radius 1 is 1.20 bits per heavy atom. The van der Waals surface area contributed by atoms with Gasteiger partial charge in [0.25, 0.3) is 0 Å². The number of rotatable bonds is 1. The largest absolute Gasteiger partial charge is 0.430 e. The number of carbonyl (C=O) groups excluding carboxylic acids is 1. The highest BCUT2D eigenvalue weighted by molar-refractivity contribution is 5.66. The van der Waals surface area contributed by atoms with Crippen molar-refractivity contribution in [2.24, 2.45) is 28.6 Å². The molecule has 2 N–H and O–H groups in total. The molecule has 7 atom stereocenters. The van der Waals surface area contributed by atoms with Crippen LogP contribution in [0.4, 0.5) is 0 Å². The molecule has 4 heteroatoms. The van der Waals surface area contributed by atoms with Gasteiger partial charge in [0.1, 0.15) is 0 Å². The van der Waals surface area contributed by atoms with Gasteiger partial charge >= 0.3 is 5.97 Å². The zero-order valence-corrected chi connectivity index (χ0v) is 15.5. The first-order chi connectivity index (χ1) is 11.7. The second-order valence-electron chi connectivity index (χ2n) is 9.21. The van der Waals surface area contributed by atoms with E-state index in [4.69, 9.17) is 4.74 Å². The van der Waals surface area contributed by atoms with Crippen molar-refractivity contribution in [3.05, 3.63) is 23.8 Å². The Kier molecular flexibility index (Phi) is 3.76. The Balaban J connectivity index is 1.68. The summed E-state index contributed by atoms with van der Waals surface area (Å²) in [5, 5.41) is 21.1. The minimum absolute atomic E-state index is 0.0220. The fourth-order valence-electron chi connectivity index (χ4n) is 6.38. The lowest BCUT2D eigenvalue weighted by atomic mass is 9.50. The van der Waals surface area contributed by atoms with Gasteiger partial charge in [0, 0.05) is 24.2 Å². The zero-order valence-electron chi connectivity index (χ0n) is 15.5. The van der Waals surface area contributed by atoms with Gasteiger partial charge < -0.3 is 14.9 Å². The molecule has 0 bridgehead atoms. The summed E-state index contributed by atoms with van der Waals surface area (Å²) < 4.78 is 5.19. The Labute approximate surface area is 149 Å². The average Bonchev–Trinajstić information content (AvgIpc) is 2.83. The highest BCUT2D eigenvalue weighted by Gasteiger charge is 2.57. The van der Waals surface area contributed by atoms with Gasteiger partial charge in [-0.3, -0.25) is 4.79 Å². The van der Waals surface area contributed by atoms with Gasteiger partial charge in [-0.15, -0.1) is 0 Å². The molecule has 0 saturated heterocycles. The second kappa shape index (κ2) is 5.43. The molecule has 4 nitrogen and oxygen atoms in total. The molecule has 4 aliphatic rings. The van der Waals surface area contributed by atoms with Gasteiger partial charge in [0.2, 0.25) is 5.79 Å². The monoisotopic (exact) mass is 346 g/mol. The van der Waals surface area contributed by atoms with Crippen LogP contribution in [0.2, 0.25) is 0 Å². The summed E-state index contributed by atoms with van der Waals surface area (Å²) in [5.41, 5.74) is 1.43. The third-order valence-corrected chi connectivity index (χ3v) is 7.85. The van der Waals surface area contributed by atoms with E-state index < -0.39 is 11.8 Å². The molecule has 0 radical (unpaired) electrons. The number of esters is 1. The number of fused-ring (bicyclic) bond motifs is 5. The number of allylic oxidation sites excluding steroid dienone is 3. The van der Waals surface area contributed by atoms with E-state index in [1.807, 2.05) is 0 Å². The summed E-state index contributed by atoms with van der Waals surface area (Å²) in [7, 11) is 0. The SMILES string of the molecule is CC(=O)O[C@]1(O)C=C[C@]2(C)C3=CC[C@]4(C)[C@@H](O)CC[C@H]4[C@@H]3CCC2C1. The first-order valence-electron chi connectivity index (χ1n) is 9.69. The number of carbonyl (C=O) groups is 1. The van der Waals surface area contributed by atoms with Crippen molar-refractivity contribution >= 4 is 5.97 Å². The molecule has 0 aliphatic heterocycles. The van der Waals surface area contributed by atoms with Crippen molar-refractivity contribution in [1.82, 2.24) is 0 Å². The van der Waals surface area contributed by atoms with E-state index in [-0.39, 0.29) is 22.9 Å². The summed E-state index contributed by atoms with van der Waals surface area (Å²) in [4.78, 5) is 11.3. The number of hydrogen-bond donors (Lipinski definition) is 2. The Morgan fingerprint density at radius 3 is 2.68 bits per heavy atom. The van der Waals surface area contributed by atoms with E-state index in [0.717, 1.165) is 32.1 Å². The zero-order chi connectivity index (χ0) is 18.0. The first kappa shape index (κ1) is 17.3. The van der Waals surface area contributed by atoms with Gasteiger partial charge in [-0.2, -0.15) is 0 Å². The maximum Gasteiger partial charge on any atom is 0.305 e. The van der Waals surface area contributed by atoms with Gasteiger partial charge in [-0.25, -0.2) is 0 Å². The van der Waals surface area contributed by atoms with Crippen LogP contribution in [0.1, 0.15) is 59.3 Å². The third kappa shape index (κ3) is 2.44. The third-order valence-electron chi connectivity index (χ3n) is 7.85. The van der Waals surface area contributed by atoms with E-state index in [1.165, 1.54) is 12.5 Å². The molecule has 4 aliphatic carbocycles. The fraction of sp³-hybridized carbons (Fsp3) is 0.762. The standard InChI is InChI=1S/C21H30O4/c1-13(22)25-21(24)11-10-19(2)14(12-21)4-5-15-16-6-7-18(23)20(16,3)9-8-17(15)19/h8,10-11,14-16,18,23-24H,4-7,9,12H2,1-3H3/t14?,15-,16-,18-,19-,20-,21+/m0/s1. The molecule has 0 amide bonds. The van der Waals surface area contributed by atoms with Gasteiger partial charge in [-0.05, 0) is 55.9 Å². The van der Waals surface area contributed by atoms with Crippen molar-refractivity contribution in [3.8, 4) is 0 Å². The van der Waals surface area contributed by atoms with E-state index >= 15 is 0 Å². The summed E-state index contributed by atoms with van der Waals surface area (Å²) in [5.74, 6) is -0.544. The molecule has 0 aromatic rings. The summed E-state index contributed by atoms with van der Waals surface area (Å²) in [6, 6.07) is 0. The average molecular weight is 346 g/mol. The summed E-state index contributed by atoms with van der Waals surface area (Å²) in [6.07, 6.45) is 11.5. The van der Waals surface area contributed by atoms with Crippen LogP contribution in [0.3, 0.4) is 0 Å². The smallest absolute Gasteiger partial charge is 0.305 e. The number of ether oxygens (including phenoxy) is 1. The van der Waals surface area contributed by atoms with Crippen molar-refractivity contribution < 1.29 is 19.7 Å². The van der Waals surface area contributed by atoms with Crippen LogP contribution >= 0.6 is 0 Å².